The smallest absolute Gasteiger partial charge is 0.321 e. The fourth-order valence-corrected chi connectivity index (χ4v) is 2.08. The molecule has 1 aromatic carbocycles. The van der Waals surface area contributed by atoms with Crippen LogP contribution in [0.25, 0.3) is 0 Å². The van der Waals surface area contributed by atoms with Gasteiger partial charge in [-0.3, -0.25) is 0 Å². The number of benzene rings is 1. The molecule has 4 heteroatoms. The molecule has 106 valence electrons. The lowest BCUT2D eigenvalue weighted by Gasteiger charge is -2.11. The highest BCUT2D eigenvalue weighted by molar-refractivity contribution is 5.43. The van der Waals surface area contributed by atoms with E-state index >= 15 is 0 Å². The zero-order valence-electron chi connectivity index (χ0n) is 12.5. The number of hydrogen-bond acceptors (Lipinski definition) is 4. The number of aromatic nitrogens is 2. The third-order valence-corrected chi connectivity index (χ3v) is 3.20. The second-order valence-corrected chi connectivity index (χ2v) is 5.36. The topological polar surface area (TPSA) is 61.0 Å². The van der Waals surface area contributed by atoms with Crippen LogP contribution in [0.5, 0.6) is 11.8 Å². The van der Waals surface area contributed by atoms with E-state index in [4.69, 9.17) is 10.5 Å². The summed E-state index contributed by atoms with van der Waals surface area (Å²) in [5, 5.41) is 0. The number of rotatable bonds is 4. The van der Waals surface area contributed by atoms with Crippen molar-refractivity contribution in [3.8, 4) is 11.8 Å². The molecular formula is C16H21N3O. The predicted molar refractivity (Wildman–Crippen MR) is 80.1 cm³/mol. The minimum atomic E-state index is 0.104. The van der Waals surface area contributed by atoms with E-state index < -0.39 is 0 Å². The molecule has 0 radical (unpaired) electrons. The molecule has 2 rings (SSSR count). The second-order valence-electron chi connectivity index (χ2n) is 5.36. The van der Waals surface area contributed by atoms with E-state index in [2.05, 4.69) is 23.0 Å². The van der Waals surface area contributed by atoms with Crippen molar-refractivity contribution in [1.29, 1.82) is 0 Å². The zero-order chi connectivity index (χ0) is 14.7. The summed E-state index contributed by atoms with van der Waals surface area (Å²) in [5.74, 6) is 0.808. The molecule has 2 N–H and O–H groups in total. The average molecular weight is 271 g/mol. The molecule has 1 unspecified atom stereocenters. The van der Waals surface area contributed by atoms with Gasteiger partial charge in [-0.1, -0.05) is 6.07 Å². The Balaban J connectivity index is 2.18. The van der Waals surface area contributed by atoms with Gasteiger partial charge in [0.2, 0.25) is 0 Å². The lowest BCUT2D eigenvalue weighted by Crippen LogP contribution is -2.17. The first kappa shape index (κ1) is 14.5. The van der Waals surface area contributed by atoms with Gasteiger partial charge in [-0.2, -0.15) is 0 Å². The summed E-state index contributed by atoms with van der Waals surface area (Å²) in [6.07, 6.45) is 4.30. The lowest BCUT2D eigenvalue weighted by atomic mass is 10.1. The Bertz CT molecular complexity index is 591. The third kappa shape index (κ3) is 3.54. The second kappa shape index (κ2) is 6.01. The first-order valence-corrected chi connectivity index (χ1v) is 6.78. The van der Waals surface area contributed by atoms with Gasteiger partial charge in [-0.15, -0.1) is 0 Å². The van der Waals surface area contributed by atoms with Crippen LogP contribution in [0.4, 0.5) is 0 Å². The molecule has 1 atom stereocenters. The highest BCUT2D eigenvalue weighted by Gasteiger charge is 2.07. The maximum absolute atomic E-state index is 5.78. The van der Waals surface area contributed by atoms with E-state index in [0.717, 1.165) is 28.9 Å². The summed E-state index contributed by atoms with van der Waals surface area (Å²) in [6, 6.07) is 4.61. The van der Waals surface area contributed by atoms with Gasteiger partial charge in [0.25, 0.3) is 0 Å². The minimum absolute atomic E-state index is 0.104. The van der Waals surface area contributed by atoms with E-state index in [1.807, 2.05) is 26.8 Å². The molecule has 0 spiro atoms. The van der Waals surface area contributed by atoms with Gasteiger partial charge in [0.15, 0.2) is 0 Å². The number of hydrogen-bond donors (Lipinski definition) is 1. The van der Waals surface area contributed by atoms with Crippen molar-refractivity contribution < 1.29 is 4.74 Å². The van der Waals surface area contributed by atoms with Crippen LogP contribution in [0.2, 0.25) is 0 Å². The number of aryl methyl sites for hydroxylation is 2. The van der Waals surface area contributed by atoms with Gasteiger partial charge in [0.1, 0.15) is 5.75 Å². The molecule has 0 aliphatic heterocycles. The predicted octanol–water partition coefficient (Wildman–Crippen LogP) is 3.08. The Morgan fingerprint density at radius 1 is 1.15 bits per heavy atom. The van der Waals surface area contributed by atoms with Gasteiger partial charge >= 0.3 is 6.01 Å². The molecule has 0 amide bonds. The SMILES string of the molecule is Cc1cc(C)c(C)c(Oc2ncc(CC(C)N)cn2)c1. The molecular weight excluding hydrogens is 250 g/mol. The maximum Gasteiger partial charge on any atom is 0.321 e. The molecule has 0 fully saturated rings. The molecule has 4 nitrogen and oxygen atoms in total. The average Bonchev–Trinajstić information content (AvgIpc) is 2.37. The van der Waals surface area contributed by atoms with Gasteiger partial charge in [0, 0.05) is 18.4 Å². The van der Waals surface area contributed by atoms with Crippen molar-refractivity contribution in [3.63, 3.8) is 0 Å². The Hall–Kier alpha value is -1.94. The normalized spacial score (nSPS) is 12.2. The van der Waals surface area contributed by atoms with Crippen LogP contribution < -0.4 is 10.5 Å². The van der Waals surface area contributed by atoms with Crippen LogP contribution in [0, 0.1) is 20.8 Å². The first-order chi connectivity index (χ1) is 9.45. The highest BCUT2D eigenvalue weighted by Crippen LogP contribution is 2.26. The molecule has 0 saturated heterocycles. The van der Waals surface area contributed by atoms with Crippen LogP contribution in [-0.2, 0) is 6.42 Å². The Morgan fingerprint density at radius 3 is 2.40 bits per heavy atom. The number of nitrogens with zero attached hydrogens (tertiary/aromatic N) is 2. The first-order valence-electron chi connectivity index (χ1n) is 6.78. The van der Waals surface area contributed by atoms with E-state index in [1.165, 1.54) is 5.56 Å². The summed E-state index contributed by atoms with van der Waals surface area (Å²) in [4.78, 5) is 8.48. The molecule has 1 heterocycles. The van der Waals surface area contributed by atoms with Crippen molar-refractivity contribution in [2.24, 2.45) is 5.73 Å². The van der Waals surface area contributed by atoms with E-state index in [9.17, 15) is 0 Å². The van der Waals surface area contributed by atoms with Crippen molar-refractivity contribution in [2.45, 2.75) is 40.2 Å². The quantitative estimate of drug-likeness (QED) is 0.928. The number of nitrogens with two attached hydrogens (primary N) is 1. The third-order valence-electron chi connectivity index (χ3n) is 3.20. The van der Waals surface area contributed by atoms with E-state index in [1.54, 1.807) is 12.4 Å². The Morgan fingerprint density at radius 2 is 1.80 bits per heavy atom. The molecule has 0 saturated carbocycles. The van der Waals surface area contributed by atoms with Crippen LogP contribution >= 0.6 is 0 Å². The van der Waals surface area contributed by atoms with Gasteiger partial charge < -0.3 is 10.5 Å². The van der Waals surface area contributed by atoms with E-state index in [-0.39, 0.29) is 6.04 Å². The Labute approximate surface area is 120 Å². The van der Waals surface area contributed by atoms with Crippen molar-refractivity contribution in [2.75, 3.05) is 0 Å². The fourth-order valence-electron chi connectivity index (χ4n) is 2.08. The van der Waals surface area contributed by atoms with Crippen LogP contribution in [-0.4, -0.2) is 16.0 Å². The molecule has 2 aromatic rings. The Kier molecular flexibility index (Phi) is 4.35. The lowest BCUT2D eigenvalue weighted by molar-refractivity contribution is 0.437. The summed E-state index contributed by atoms with van der Waals surface area (Å²) in [7, 11) is 0. The van der Waals surface area contributed by atoms with Crippen LogP contribution in [0.1, 0.15) is 29.2 Å². The maximum atomic E-state index is 5.78. The number of ether oxygens (including phenoxy) is 1. The van der Waals surface area contributed by atoms with Crippen molar-refractivity contribution in [1.82, 2.24) is 9.97 Å². The molecule has 0 bridgehead atoms. The molecule has 0 aliphatic carbocycles. The zero-order valence-corrected chi connectivity index (χ0v) is 12.5. The van der Waals surface area contributed by atoms with E-state index in [0.29, 0.717) is 6.01 Å². The molecule has 0 aliphatic rings. The van der Waals surface area contributed by atoms with Gasteiger partial charge in [-0.05, 0) is 62.4 Å². The summed E-state index contributed by atoms with van der Waals surface area (Å²) in [5.41, 5.74) is 10.2. The monoisotopic (exact) mass is 271 g/mol. The van der Waals surface area contributed by atoms with Crippen molar-refractivity contribution in [3.05, 3.63) is 46.8 Å². The fraction of sp³-hybridized carbons (Fsp3) is 0.375. The largest absolute Gasteiger partial charge is 0.424 e. The standard InChI is InChI=1S/C16H21N3O/c1-10-5-11(2)13(4)15(6-10)20-16-18-8-14(9-19-16)7-12(3)17/h5-6,8-9,12H,7,17H2,1-4H3. The molecule has 1 aromatic heterocycles. The van der Waals surface area contributed by atoms with Crippen LogP contribution in [0.15, 0.2) is 24.5 Å². The summed E-state index contributed by atoms with van der Waals surface area (Å²) >= 11 is 0. The molecule has 20 heavy (non-hydrogen) atoms. The summed E-state index contributed by atoms with van der Waals surface area (Å²) in [6.45, 7) is 8.12. The summed E-state index contributed by atoms with van der Waals surface area (Å²) < 4.78 is 5.78. The van der Waals surface area contributed by atoms with Gasteiger partial charge in [-0.25, -0.2) is 9.97 Å². The van der Waals surface area contributed by atoms with Crippen molar-refractivity contribution >= 4 is 0 Å². The van der Waals surface area contributed by atoms with Crippen LogP contribution in [0.3, 0.4) is 0 Å². The van der Waals surface area contributed by atoms with Gasteiger partial charge in [0.05, 0.1) is 0 Å². The minimum Gasteiger partial charge on any atom is -0.424 e. The highest BCUT2D eigenvalue weighted by atomic mass is 16.5.